The number of rotatable bonds is 8. The first kappa shape index (κ1) is 39.9. The van der Waals surface area contributed by atoms with Crippen molar-refractivity contribution in [1.29, 1.82) is 0 Å². The minimum absolute atomic E-state index is 0. The smallest absolute Gasteiger partial charge is 0.211 e. The van der Waals surface area contributed by atoms with Crippen molar-refractivity contribution in [3.05, 3.63) is 122 Å². The lowest BCUT2D eigenvalue weighted by Gasteiger charge is -2.38. The molecule has 0 saturated carbocycles. The maximum absolute atomic E-state index is 15.4. The summed E-state index contributed by atoms with van der Waals surface area (Å²) in [5, 5.41) is 0. The fraction of sp³-hybridized carbons (Fsp3) is 0.143. The van der Waals surface area contributed by atoms with Crippen LogP contribution in [0.3, 0.4) is 0 Å². The van der Waals surface area contributed by atoms with Gasteiger partial charge < -0.3 is 0 Å². The van der Waals surface area contributed by atoms with Crippen molar-refractivity contribution in [3.8, 4) is 0 Å². The molecule has 0 spiro atoms. The molecule has 0 amide bonds. The lowest BCUT2D eigenvalue weighted by Crippen LogP contribution is -2.46. The molecule has 0 heterocycles. The summed E-state index contributed by atoms with van der Waals surface area (Å²) in [7, 11) is 0. The normalized spacial score (nSPS) is 11.8. The quantitative estimate of drug-likeness (QED) is 0.0421. The standard InChI is InChI=1S/C28H8F20N.BH3/c29-6-5(7(30)9(32)10(33)8(6)31)3-1-2-4-49(26-20(43)14(37)11(34)15(38)21(26)44,27-22(45)16(39)12(35)17(40)23(27)46)28-24(47)18(41)13(36)19(42)25(28)48;/h1-4H2;1H3/q+1;. The molecular formula is C28H11BF20N+. The molecule has 0 saturated heterocycles. The molecule has 4 rings (SSSR count). The summed E-state index contributed by atoms with van der Waals surface area (Å²) >= 11 is 0. The number of unbranched alkanes of at least 4 members (excludes halogenated alkanes) is 1. The van der Waals surface area contributed by atoms with E-state index < -0.39 is 169 Å². The van der Waals surface area contributed by atoms with Crippen LogP contribution in [0, 0.1) is 116 Å². The summed E-state index contributed by atoms with van der Waals surface area (Å²) in [6.07, 6.45) is -4.31. The first-order chi connectivity index (χ1) is 22.7. The Morgan fingerprint density at radius 1 is 0.260 bits per heavy atom. The van der Waals surface area contributed by atoms with Crippen LogP contribution in [0.4, 0.5) is 105 Å². The fourth-order valence-corrected chi connectivity index (χ4v) is 4.98. The lowest BCUT2D eigenvalue weighted by atomic mass is 10.0. The lowest BCUT2D eigenvalue weighted by molar-refractivity contribution is 0.311. The van der Waals surface area contributed by atoms with Crippen LogP contribution in [-0.4, -0.2) is 15.0 Å². The summed E-state index contributed by atoms with van der Waals surface area (Å²) in [5.41, 5.74) is -10.8. The Balaban J connectivity index is 0.00000676. The zero-order valence-electron chi connectivity index (χ0n) is 22.8. The van der Waals surface area contributed by atoms with E-state index in [-0.39, 0.29) is 8.41 Å². The summed E-state index contributed by atoms with van der Waals surface area (Å²) in [6, 6.07) is 0. The van der Waals surface area contributed by atoms with Crippen molar-refractivity contribution in [2.45, 2.75) is 19.3 Å². The maximum atomic E-state index is 15.4. The molecular weight excluding hydrogens is 741 g/mol. The second-order valence-electron chi connectivity index (χ2n) is 9.79. The third kappa shape index (κ3) is 5.69. The van der Waals surface area contributed by atoms with Gasteiger partial charge in [0.15, 0.2) is 23.3 Å². The molecule has 0 N–H and O–H groups in total. The number of benzene rings is 4. The molecule has 0 aliphatic rings. The molecule has 50 heavy (non-hydrogen) atoms. The maximum Gasteiger partial charge on any atom is 0.226 e. The highest BCUT2D eigenvalue weighted by Gasteiger charge is 2.55. The van der Waals surface area contributed by atoms with Gasteiger partial charge in [0.25, 0.3) is 0 Å². The summed E-state index contributed by atoms with van der Waals surface area (Å²) in [4.78, 5) is 0. The van der Waals surface area contributed by atoms with E-state index in [1.807, 2.05) is 0 Å². The Morgan fingerprint density at radius 3 is 0.700 bits per heavy atom. The van der Waals surface area contributed by atoms with Crippen molar-refractivity contribution in [1.82, 2.24) is 4.48 Å². The predicted molar refractivity (Wildman–Crippen MR) is 134 cm³/mol. The highest BCUT2D eigenvalue weighted by molar-refractivity contribution is 5.76. The monoisotopic (exact) mass is 752 g/mol. The molecule has 270 valence electrons. The van der Waals surface area contributed by atoms with E-state index in [1.165, 1.54) is 0 Å². The van der Waals surface area contributed by atoms with Crippen molar-refractivity contribution >= 4 is 25.5 Å². The third-order valence-electron chi connectivity index (χ3n) is 7.18. The minimum Gasteiger partial charge on any atom is -0.211 e. The van der Waals surface area contributed by atoms with Gasteiger partial charge in [0, 0.05) is 5.56 Å². The zero-order chi connectivity index (χ0) is 37.2. The number of nitrogens with zero attached hydrogens (tertiary/aromatic N) is 1. The second-order valence-corrected chi connectivity index (χ2v) is 9.79. The molecule has 0 atom stereocenters. The van der Waals surface area contributed by atoms with E-state index in [0.717, 1.165) is 0 Å². The van der Waals surface area contributed by atoms with E-state index in [9.17, 15) is 61.5 Å². The Labute approximate surface area is 266 Å². The average molecular weight is 752 g/mol. The number of halogens is 20. The van der Waals surface area contributed by atoms with E-state index in [1.54, 1.807) is 0 Å². The Hall–Kier alpha value is -4.50. The molecule has 0 aromatic heterocycles. The van der Waals surface area contributed by atoms with Gasteiger partial charge >= 0.3 is 0 Å². The third-order valence-corrected chi connectivity index (χ3v) is 7.18. The second kappa shape index (κ2) is 14.0. The molecule has 4 aromatic carbocycles. The van der Waals surface area contributed by atoms with Gasteiger partial charge in [0.1, 0.15) is 0 Å². The van der Waals surface area contributed by atoms with Gasteiger partial charge in [-0.25, -0.2) is 65.9 Å². The summed E-state index contributed by atoms with van der Waals surface area (Å²) < 4.78 is 286. The van der Waals surface area contributed by atoms with Crippen molar-refractivity contribution in [2.75, 3.05) is 6.54 Å². The van der Waals surface area contributed by atoms with Crippen LogP contribution < -0.4 is 4.48 Å². The van der Waals surface area contributed by atoms with E-state index in [2.05, 4.69) is 0 Å². The molecule has 22 heteroatoms. The molecule has 0 bridgehead atoms. The van der Waals surface area contributed by atoms with Gasteiger partial charge in [-0.1, -0.05) is 0 Å². The fourth-order valence-electron chi connectivity index (χ4n) is 4.98. The van der Waals surface area contributed by atoms with E-state index in [0.29, 0.717) is 0 Å². The van der Waals surface area contributed by atoms with Crippen LogP contribution in [0.5, 0.6) is 0 Å². The van der Waals surface area contributed by atoms with Gasteiger partial charge in [0.2, 0.25) is 110 Å². The van der Waals surface area contributed by atoms with Gasteiger partial charge in [-0.15, -0.1) is 0 Å². The molecule has 0 aliphatic heterocycles. The topological polar surface area (TPSA) is 0 Å². The van der Waals surface area contributed by atoms with Gasteiger partial charge in [-0.05, 0) is 19.3 Å². The van der Waals surface area contributed by atoms with Crippen LogP contribution >= 0.6 is 0 Å². The zero-order valence-corrected chi connectivity index (χ0v) is 22.8. The minimum atomic E-state index is -3.81. The Kier molecular flexibility index (Phi) is 11.2. The predicted octanol–water partition coefficient (Wildman–Crippen LogP) is 9.28. The summed E-state index contributed by atoms with van der Waals surface area (Å²) in [6.45, 7) is -2.29. The van der Waals surface area contributed by atoms with Gasteiger partial charge in [-0.2, -0.15) is 26.3 Å². The van der Waals surface area contributed by atoms with Crippen LogP contribution in [0.25, 0.3) is 0 Å². The summed E-state index contributed by atoms with van der Waals surface area (Å²) in [5.74, 6) is -61.6. The molecule has 0 fully saturated rings. The SMILES string of the molecule is B.Fc1c(F)c(F)c(CCCC[N+](c2c(F)c(F)c(F)c(F)c2F)(c2c(F)c(F)c(F)c(F)c2F)c2c(F)c(F)c(F)c(F)c2F)c(F)c1F. The highest BCUT2D eigenvalue weighted by Crippen LogP contribution is 2.53. The van der Waals surface area contributed by atoms with Gasteiger partial charge in [0.05, 0.1) is 15.0 Å². The number of hydrogen-bond acceptors (Lipinski definition) is 0. The molecule has 1 nitrogen and oxygen atoms in total. The Bertz CT molecular complexity index is 1760. The van der Waals surface area contributed by atoms with E-state index in [4.69, 9.17) is 0 Å². The van der Waals surface area contributed by atoms with E-state index >= 15 is 26.3 Å². The number of hydrogen-bond donors (Lipinski definition) is 0. The molecule has 0 aliphatic carbocycles. The number of quaternary nitrogens is 1. The first-order valence-corrected chi connectivity index (χ1v) is 12.6. The highest BCUT2D eigenvalue weighted by atomic mass is 19.2. The molecule has 0 unspecified atom stereocenters. The van der Waals surface area contributed by atoms with Gasteiger partial charge in [-0.3, -0.25) is 0 Å². The molecule has 4 aromatic rings. The average Bonchev–Trinajstić information content (AvgIpc) is 3.07. The Morgan fingerprint density at radius 2 is 0.460 bits per heavy atom. The van der Waals surface area contributed by atoms with Crippen LogP contribution in [-0.2, 0) is 6.42 Å². The van der Waals surface area contributed by atoms with Crippen LogP contribution in [0.1, 0.15) is 18.4 Å². The largest absolute Gasteiger partial charge is 0.226 e. The van der Waals surface area contributed by atoms with Crippen molar-refractivity contribution in [2.24, 2.45) is 0 Å². The first-order valence-electron chi connectivity index (χ1n) is 12.6. The van der Waals surface area contributed by atoms with Crippen molar-refractivity contribution in [3.63, 3.8) is 0 Å². The van der Waals surface area contributed by atoms with Crippen LogP contribution in [0.2, 0.25) is 0 Å². The molecule has 0 radical (unpaired) electrons. The van der Waals surface area contributed by atoms with Crippen molar-refractivity contribution < 1.29 is 87.8 Å². The van der Waals surface area contributed by atoms with Crippen LogP contribution in [0.15, 0.2) is 0 Å².